The molecule has 23 heavy (non-hydrogen) atoms. The van der Waals surface area contributed by atoms with E-state index < -0.39 is 10.0 Å². The maximum atomic E-state index is 11.9. The van der Waals surface area contributed by atoms with E-state index in [0.717, 1.165) is 19.1 Å². The van der Waals surface area contributed by atoms with Crippen LogP contribution < -0.4 is 5.32 Å². The van der Waals surface area contributed by atoms with E-state index in [1.165, 1.54) is 36.7 Å². The Balaban J connectivity index is 1.86. The Morgan fingerprint density at radius 2 is 2.04 bits per heavy atom. The van der Waals surface area contributed by atoms with Crippen molar-refractivity contribution in [2.75, 3.05) is 13.3 Å². The minimum absolute atomic E-state index is 0.122. The lowest BCUT2D eigenvalue weighted by Gasteiger charge is -2.21. The van der Waals surface area contributed by atoms with Gasteiger partial charge in [-0.1, -0.05) is 19.3 Å². The zero-order valence-electron chi connectivity index (χ0n) is 13.6. The number of sulfonamides is 1. The van der Waals surface area contributed by atoms with E-state index in [1.807, 2.05) is 0 Å². The van der Waals surface area contributed by atoms with Gasteiger partial charge in [-0.3, -0.25) is 4.79 Å². The topological polar surface area (TPSA) is 79.6 Å². The number of hydrogen-bond donors (Lipinski definition) is 1. The molecular formula is C16H24N2O4S. The summed E-state index contributed by atoms with van der Waals surface area (Å²) in [6.45, 7) is 0.168. The number of carbonyl (C=O) groups excluding carboxylic acids is 1. The van der Waals surface area contributed by atoms with E-state index in [0.29, 0.717) is 11.5 Å². The van der Waals surface area contributed by atoms with Gasteiger partial charge in [0.15, 0.2) is 0 Å². The monoisotopic (exact) mass is 340 g/mol. The predicted octanol–water partition coefficient (Wildman–Crippen LogP) is 2.13. The van der Waals surface area contributed by atoms with Crippen molar-refractivity contribution in [3.63, 3.8) is 0 Å². The molecule has 1 aromatic rings. The van der Waals surface area contributed by atoms with Crippen molar-refractivity contribution < 1.29 is 17.6 Å². The minimum Gasteiger partial charge on any atom is -0.460 e. The Morgan fingerprint density at radius 1 is 1.35 bits per heavy atom. The van der Waals surface area contributed by atoms with Crippen molar-refractivity contribution in [3.8, 4) is 0 Å². The molecule has 0 aliphatic heterocycles. The van der Waals surface area contributed by atoms with Gasteiger partial charge in [-0.15, -0.1) is 0 Å². The van der Waals surface area contributed by atoms with Crippen LogP contribution in [0.1, 0.15) is 43.6 Å². The van der Waals surface area contributed by atoms with Crippen LogP contribution in [-0.2, 0) is 21.4 Å². The molecular weight excluding hydrogens is 316 g/mol. The first-order chi connectivity index (χ1) is 10.8. The normalized spacial score (nSPS) is 17.0. The molecule has 0 aromatic carbocycles. The average molecular weight is 340 g/mol. The molecule has 1 N–H and O–H groups in total. The fraction of sp³-hybridized carbons (Fsp3) is 0.562. The van der Waals surface area contributed by atoms with Crippen molar-refractivity contribution in [3.05, 3.63) is 29.7 Å². The number of carbonyl (C=O) groups is 1. The van der Waals surface area contributed by atoms with Crippen LogP contribution in [0.15, 0.2) is 22.6 Å². The van der Waals surface area contributed by atoms with E-state index in [1.54, 1.807) is 18.2 Å². The second kappa shape index (κ2) is 7.79. The van der Waals surface area contributed by atoms with Gasteiger partial charge in [-0.25, -0.2) is 8.42 Å². The van der Waals surface area contributed by atoms with Gasteiger partial charge in [0, 0.05) is 19.2 Å². The molecule has 1 amide bonds. The van der Waals surface area contributed by atoms with Crippen LogP contribution in [0.25, 0.3) is 6.08 Å². The third kappa shape index (κ3) is 5.84. The maximum Gasteiger partial charge on any atom is 0.244 e. The fourth-order valence-electron chi connectivity index (χ4n) is 2.56. The van der Waals surface area contributed by atoms with E-state index >= 15 is 0 Å². The molecule has 1 aliphatic rings. The summed E-state index contributed by atoms with van der Waals surface area (Å²) in [4.78, 5) is 11.9. The molecule has 0 saturated heterocycles. The van der Waals surface area contributed by atoms with Gasteiger partial charge in [-0.2, -0.15) is 4.31 Å². The minimum atomic E-state index is -3.24. The first-order valence-corrected chi connectivity index (χ1v) is 9.68. The van der Waals surface area contributed by atoms with Gasteiger partial charge >= 0.3 is 0 Å². The highest BCUT2D eigenvalue weighted by Crippen LogP contribution is 2.17. The molecule has 1 saturated carbocycles. The lowest BCUT2D eigenvalue weighted by Crippen LogP contribution is -2.34. The number of nitrogens with zero attached hydrogens (tertiary/aromatic N) is 1. The number of hydrogen-bond acceptors (Lipinski definition) is 4. The van der Waals surface area contributed by atoms with Crippen LogP contribution in [0.4, 0.5) is 0 Å². The standard InChI is InChI=1S/C16H24N2O4S/c1-18(23(2,20)21)12-15-9-8-14(22-15)10-11-16(19)17-13-6-4-3-5-7-13/h8-11,13H,3-7,12H2,1-2H3,(H,17,19)/b11-10+. The molecule has 0 unspecified atom stereocenters. The van der Waals surface area contributed by atoms with Gasteiger partial charge in [0.2, 0.25) is 15.9 Å². The van der Waals surface area contributed by atoms with Crippen molar-refractivity contribution in [1.29, 1.82) is 0 Å². The van der Waals surface area contributed by atoms with Crippen LogP contribution >= 0.6 is 0 Å². The summed E-state index contributed by atoms with van der Waals surface area (Å²) in [7, 11) is -1.75. The number of nitrogens with one attached hydrogen (secondary N) is 1. The van der Waals surface area contributed by atoms with Crippen LogP contribution in [-0.4, -0.2) is 38.0 Å². The Bertz CT molecular complexity index is 657. The molecule has 1 fully saturated rings. The SMILES string of the molecule is CN(Cc1ccc(/C=C/C(=O)NC2CCCCC2)o1)S(C)(=O)=O. The molecule has 6 nitrogen and oxygen atoms in total. The number of rotatable bonds is 6. The third-order valence-corrected chi connectivity index (χ3v) is 5.24. The first-order valence-electron chi connectivity index (χ1n) is 7.83. The molecule has 2 rings (SSSR count). The number of furan rings is 1. The van der Waals surface area contributed by atoms with Crippen molar-refractivity contribution in [2.24, 2.45) is 0 Å². The highest BCUT2D eigenvalue weighted by molar-refractivity contribution is 7.88. The highest BCUT2D eigenvalue weighted by Gasteiger charge is 2.15. The second-order valence-corrected chi connectivity index (χ2v) is 8.09. The average Bonchev–Trinajstić information content (AvgIpc) is 2.93. The zero-order chi connectivity index (χ0) is 16.9. The summed E-state index contributed by atoms with van der Waals surface area (Å²) in [5.41, 5.74) is 0. The first kappa shape index (κ1) is 17.7. The molecule has 0 spiro atoms. The second-order valence-electron chi connectivity index (χ2n) is 6.00. The zero-order valence-corrected chi connectivity index (χ0v) is 14.4. The lowest BCUT2D eigenvalue weighted by atomic mass is 9.95. The lowest BCUT2D eigenvalue weighted by molar-refractivity contribution is -0.117. The van der Waals surface area contributed by atoms with Crippen LogP contribution in [0.2, 0.25) is 0 Å². The largest absolute Gasteiger partial charge is 0.460 e. The Labute approximate surface area is 137 Å². The van der Waals surface area contributed by atoms with Crippen molar-refractivity contribution in [1.82, 2.24) is 9.62 Å². The summed E-state index contributed by atoms with van der Waals surface area (Å²) in [5, 5.41) is 2.99. The summed E-state index contributed by atoms with van der Waals surface area (Å²) >= 11 is 0. The summed E-state index contributed by atoms with van der Waals surface area (Å²) in [5.74, 6) is 0.939. The van der Waals surface area contributed by atoms with E-state index in [2.05, 4.69) is 5.32 Å². The summed E-state index contributed by atoms with van der Waals surface area (Å²) < 4.78 is 29.4. The molecule has 128 valence electrons. The Morgan fingerprint density at radius 3 is 2.70 bits per heavy atom. The van der Waals surface area contributed by atoms with Gasteiger partial charge < -0.3 is 9.73 Å². The molecule has 0 bridgehead atoms. The Hall–Kier alpha value is -1.60. The van der Waals surface area contributed by atoms with Gasteiger partial charge in [-0.05, 0) is 31.1 Å². The summed E-state index contributed by atoms with van der Waals surface area (Å²) in [6.07, 6.45) is 9.88. The van der Waals surface area contributed by atoms with Crippen molar-refractivity contribution >= 4 is 22.0 Å². The van der Waals surface area contributed by atoms with Crippen LogP contribution in [0, 0.1) is 0 Å². The van der Waals surface area contributed by atoms with Crippen LogP contribution in [0.3, 0.4) is 0 Å². The fourth-order valence-corrected chi connectivity index (χ4v) is 2.92. The van der Waals surface area contributed by atoms with Crippen LogP contribution in [0.5, 0.6) is 0 Å². The Kier molecular flexibility index (Phi) is 6.01. The van der Waals surface area contributed by atoms with Gasteiger partial charge in [0.1, 0.15) is 11.5 Å². The smallest absolute Gasteiger partial charge is 0.244 e. The van der Waals surface area contributed by atoms with Gasteiger partial charge in [0.05, 0.1) is 12.8 Å². The van der Waals surface area contributed by atoms with E-state index in [-0.39, 0.29) is 18.5 Å². The molecule has 1 heterocycles. The summed E-state index contributed by atoms with van der Waals surface area (Å²) in [6, 6.07) is 3.70. The van der Waals surface area contributed by atoms with E-state index in [9.17, 15) is 13.2 Å². The molecule has 1 aromatic heterocycles. The molecule has 0 radical (unpaired) electrons. The molecule has 7 heteroatoms. The van der Waals surface area contributed by atoms with Crippen molar-refractivity contribution in [2.45, 2.75) is 44.7 Å². The highest BCUT2D eigenvalue weighted by atomic mass is 32.2. The molecule has 0 atom stereocenters. The predicted molar refractivity (Wildman–Crippen MR) is 89.1 cm³/mol. The quantitative estimate of drug-likeness (QED) is 0.805. The number of amides is 1. The molecule has 1 aliphatic carbocycles. The van der Waals surface area contributed by atoms with Gasteiger partial charge in [0.25, 0.3) is 0 Å². The van der Waals surface area contributed by atoms with E-state index in [4.69, 9.17) is 4.42 Å². The third-order valence-electron chi connectivity index (χ3n) is 3.98. The maximum absolute atomic E-state index is 11.9.